The van der Waals surface area contributed by atoms with Crippen LogP contribution in [0.4, 0.5) is 10.5 Å². The molecule has 1 heterocycles. The van der Waals surface area contributed by atoms with Gasteiger partial charge in [-0.2, -0.15) is 0 Å². The monoisotopic (exact) mass is 712 g/mol. The van der Waals surface area contributed by atoms with Crippen LogP contribution < -0.4 is 19.5 Å². The van der Waals surface area contributed by atoms with Crippen LogP contribution in [0.1, 0.15) is 18.1 Å². The van der Waals surface area contributed by atoms with E-state index < -0.39 is 23.6 Å². The molecule has 3 aromatic carbocycles. The first kappa shape index (κ1) is 30.0. The largest absolute Gasteiger partial charge is 0.494 e. The maximum Gasteiger partial charge on any atom is 0.294 e. The molecule has 1 saturated heterocycles. The van der Waals surface area contributed by atoms with Crippen LogP contribution >= 0.6 is 57.6 Å². The van der Waals surface area contributed by atoms with Crippen LogP contribution in [0.15, 0.2) is 59.5 Å². The summed E-state index contributed by atoms with van der Waals surface area (Å²) in [6.07, 6.45) is 1.58. The topological polar surface area (TPSA) is 94.2 Å². The average molecular weight is 713 g/mol. The second-order valence-corrected chi connectivity index (χ2v) is 11.3. The van der Waals surface area contributed by atoms with Gasteiger partial charge in [0.2, 0.25) is 5.91 Å². The Morgan fingerprint density at radius 1 is 1.07 bits per heavy atom. The van der Waals surface area contributed by atoms with Crippen molar-refractivity contribution < 1.29 is 28.6 Å². The Labute approximate surface area is 259 Å². The van der Waals surface area contributed by atoms with Crippen LogP contribution in [0.5, 0.6) is 17.2 Å². The summed E-state index contributed by atoms with van der Waals surface area (Å²) in [6, 6.07) is 15.5. The van der Waals surface area contributed by atoms with Gasteiger partial charge in [-0.15, -0.1) is 0 Å². The van der Waals surface area contributed by atoms with Gasteiger partial charge in [-0.3, -0.25) is 19.3 Å². The zero-order valence-electron chi connectivity index (χ0n) is 21.3. The minimum absolute atomic E-state index is 0.193. The van der Waals surface area contributed by atoms with Crippen molar-refractivity contribution in [2.45, 2.75) is 13.5 Å². The van der Waals surface area contributed by atoms with E-state index in [1.807, 2.05) is 6.92 Å². The molecule has 0 radical (unpaired) electrons. The van der Waals surface area contributed by atoms with Crippen molar-refractivity contribution in [3.8, 4) is 17.2 Å². The zero-order valence-corrected chi connectivity index (χ0v) is 25.8. The number of anilines is 1. The van der Waals surface area contributed by atoms with Gasteiger partial charge in [0.05, 0.1) is 22.2 Å². The smallest absolute Gasteiger partial charge is 0.294 e. The predicted octanol–water partition coefficient (Wildman–Crippen LogP) is 7.26. The lowest BCUT2D eigenvalue weighted by atomic mass is 10.1. The second kappa shape index (κ2) is 13.6. The van der Waals surface area contributed by atoms with Gasteiger partial charge >= 0.3 is 0 Å². The number of methoxy groups -OCH3 is 1. The van der Waals surface area contributed by atoms with Gasteiger partial charge in [-0.05, 0) is 101 Å². The molecule has 8 nitrogen and oxygen atoms in total. The molecule has 0 aliphatic carbocycles. The van der Waals surface area contributed by atoms with Crippen molar-refractivity contribution in [2.75, 3.05) is 25.6 Å². The third-order valence-corrected chi connectivity index (χ3v) is 7.86. The summed E-state index contributed by atoms with van der Waals surface area (Å²) >= 11 is 15.1. The molecule has 0 saturated carbocycles. The number of ether oxygens (including phenoxy) is 3. The SMILES string of the molecule is CCOc1ccc(NC(=O)CN2C(=O)S/C(=C/c3cc(I)c(OCc4ccc(Cl)cc4Cl)c(OC)c3)C2=O)cc1. The molecule has 1 N–H and O–H groups in total. The van der Waals surface area contributed by atoms with Crippen LogP contribution in [0.2, 0.25) is 10.0 Å². The van der Waals surface area contributed by atoms with E-state index in [1.54, 1.807) is 60.7 Å². The number of benzene rings is 3. The Kier molecular flexibility index (Phi) is 10.2. The number of thioether (sulfide) groups is 1. The van der Waals surface area contributed by atoms with Crippen LogP contribution in [0.25, 0.3) is 6.08 Å². The van der Waals surface area contributed by atoms with Crippen molar-refractivity contribution in [1.82, 2.24) is 4.90 Å². The van der Waals surface area contributed by atoms with Crippen molar-refractivity contribution in [3.63, 3.8) is 0 Å². The van der Waals surface area contributed by atoms with Crippen LogP contribution in [-0.4, -0.2) is 42.2 Å². The number of imide groups is 1. The van der Waals surface area contributed by atoms with E-state index in [0.29, 0.717) is 45.2 Å². The highest BCUT2D eigenvalue weighted by Gasteiger charge is 2.36. The van der Waals surface area contributed by atoms with E-state index in [4.69, 9.17) is 37.4 Å². The summed E-state index contributed by atoms with van der Waals surface area (Å²) in [4.78, 5) is 39.2. The summed E-state index contributed by atoms with van der Waals surface area (Å²) in [5.74, 6) is 0.575. The zero-order chi connectivity index (χ0) is 28.8. The third-order valence-electron chi connectivity index (χ3n) is 5.56. The predicted molar refractivity (Wildman–Crippen MR) is 165 cm³/mol. The van der Waals surface area contributed by atoms with E-state index in [1.165, 1.54) is 7.11 Å². The number of carbonyl (C=O) groups is 3. The number of rotatable bonds is 10. The fraction of sp³-hybridized carbons (Fsp3) is 0.179. The number of amides is 3. The first-order valence-electron chi connectivity index (χ1n) is 11.9. The highest BCUT2D eigenvalue weighted by Crippen LogP contribution is 2.38. The Morgan fingerprint density at radius 3 is 2.50 bits per heavy atom. The summed E-state index contributed by atoms with van der Waals surface area (Å²) < 4.78 is 17.6. The molecule has 1 aliphatic rings. The second-order valence-electron chi connectivity index (χ2n) is 8.33. The molecular formula is C28H23Cl2IN2O6S. The summed E-state index contributed by atoms with van der Waals surface area (Å²) in [7, 11) is 1.51. The lowest BCUT2D eigenvalue weighted by Crippen LogP contribution is -2.36. The lowest BCUT2D eigenvalue weighted by molar-refractivity contribution is -0.127. The molecule has 0 bridgehead atoms. The molecule has 3 amide bonds. The molecule has 0 spiro atoms. The van der Waals surface area contributed by atoms with E-state index in [0.717, 1.165) is 25.8 Å². The van der Waals surface area contributed by atoms with Gasteiger partial charge < -0.3 is 19.5 Å². The Hall–Kier alpha value is -2.93. The van der Waals surface area contributed by atoms with Gasteiger partial charge in [-0.1, -0.05) is 29.3 Å². The number of nitrogens with one attached hydrogen (secondary N) is 1. The quantitative estimate of drug-likeness (QED) is 0.175. The van der Waals surface area contributed by atoms with Crippen LogP contribution in [0.3, 0.4) is 0 Å². The Morgan fingerprint density at radius 2 is 1.82 bits per heavy atom. The number of nitrogens with zero attached hydrogens (tertiary/aromatic N) is 1. The van der Waals surface area contributed by atoms with Crippen molar-refractivity contribution in [1.29, 1.82) is 0 Å². The molecule has 40 heavy (non-hydrogen) atoms. The molecule has 4 rings (SSSR count). The van der Waals surface area contributed by atoms with Gasteiger partial charge in [0, 0.05) is 21.3 Å². The number of hydrogen-bond donors (Lipinski definition) is 1. The van der Waals surface area contributed by atoms with E-state index >= 15 is 0 Å². The van der Waals surface area contributed by atoms with Gasteiger partial charge in [-0.25, -0.2) is 0 Å². The number of halogens is 3. The highest BCUT2D eigenvalue weighted by molar-refractivity contribution is 14.1. The molecule has 12 heteroatoms. The third kappa shape index (κ3) is 7.42. The molecule has 0 atom stereocenters. The standard InChI is InChI=1S/C28H23Cl2IN2O6S/c1-3-38-20-8-6-19(7-9-20)32-25(34)14-33-27(35)24(40-28(33)36)12-16-10-22(31)26(23(11-16)37-2)39-15-17-4-5-18(29)13-21(17)30/h4-13H,3,14-15H2,1-2H3,(H,32,34)/b24-12+. The minimum atomic E-state index is -0.552. The lowest BCUT2D eigenvalue weighted by Gasteiger charge is -2.14. The highest BCUT2D eigenvalue weighted by atomic mass is 127. The number of hydrogen-bond acceptors (Lipinski definition) is 7. The van der Waals surface area contributed by atoms with Crippen molar-refractivity contribution in [3.05, 3.63) is 84.2 Å². The number of carbonyl (C=O) groups excluding carboxylic acids is 3. The molecular weight excluding hydrogens is 690 g/mol. The minimum Gasteiger partial charge on any atom is -0.494 e. The average Bonchev–Trinajstić information content (AvgIpc) is 3.17. The van der Waals surface area contributed by atoms with E-state index in [-0.39, 0.29) is 11.5 Å². The van der Waals surface area contributed by atoms with Crippen LogP contribution in [0, 0.1) is 3.57 Å². The van der Waals surface area contributed by atoms with Crippen molar-refractivity contribution >= 4 is 86.4 Å². The molecule has 3 aromatic rings. The Bertz CT molecular complexity index is 1480. The van der Waals surface area contributed by atoms with Crippen molar-refractivity contribution in [2.24, 2.45) is 0 Å². The fourth-order valence-electron chi connectivity index (χ4n) is 3.68. The van der Waals surface area contributed by atoms with E-state index in [9.17, 15) is 14.4 Å². The molecule has 0 aromatic heterocycles. The first-order valence-corrected chi connectivity index (χ1v) is 14.6. The summed E-state index contributed by atoms with van der Waals surface area (Å²) in [5, 5.41) is 3.18. The van der Waals surface area contributed by atoms with Gasteiger partial charge in [0.15, 0.2) is 11.5 Å². The van der Waals surface area contributed by atoms with E-state index in [2.05, 4.69) is 27.9 Å². The van der Waals surface area contributed by atoms with Gasteiger partial charge in [0.1, 0.15) is 18.9 Å². The first-order chi connectivity index (χ1) is 19.2. The van der Waals surface area contributed by atoms with Crippen LogP contribution in [-0.2, 0) is 16.2 Å². The Balaban J connectivity index is 1.44. The summed E-state index contributed by atoms with van der Waals surface area (Å²) in [5.41, 5.74) is 1.91. The fourth-order valence-corrected chi connectivity index (χ4v) is 5.77. The maximum absolute atomic E-state index is 13.0. The molecule has 208 valence electrons. The summed E-state index contributed by atoms with van der Waals surface area (Å²) in [6.45, 7) is 2.19. The molecule has 1 fully saturated rings. The van der Waals surface area contributed by atoms with Gasteiger partial charge in [0.25, 0.3) is 11.1 Å². The molecule has 0 unspecified atom stereocenters. The molecule has 1 aliphatic heterocycles. The maximum atomic E-state index is 13.0. The normalized spacial score (nSPS) is 14.0.